The number of aliphatic hydroxyl groups excluding tert-OH is 6. The van der Waals surface area contributed by atoms with E-state index in [0.29, 0.717) is 0 Å². The first kappa shape index (κ1) is 20.5. The number of aliphatic hydroxyl groups is 6. The number of rotatable bonds is 7. The molecule has 9 nitrogen and oxygen atoms in total. The van der Waals surface area contributed by atoms with Crippen molar-refractivity contribution >= 4 is 5.97 Å². The van der Waals surface area contributed by atoms with Crippen LogP contribution in [0.3, 0.4) is 0 Å². The molecule has 0 saturated heterocycles. The number of hydrogen-bond acceptors (Lipinski definition) is 8. The molecule has 0 aliphatic rings. The van der Waals surface area contributed by atoms with E-state index in [-0.39, 0.29) is 6.54 Å². The van der Waals surface area contributed by atoms with Gasteiger partial charge in [-0.15, -0.1) is 0 Å². The molecule has 0 amide bonds. The van der Waals surface area contributed by atoms with Crippen molar-refractivity contribution in [2.75, 3.05) is 20.2 Å². The largest absolute Gasteiger partial charge is 0.479 e. The highest BCUT2D eigenvalue weighted by Gasteiger charge is 2.29. The van der Waals surface area contributed by atoms with Crippen LogP contribution in [0, 0.1) is 0 Å². The van der Waals surface area contributed by atoms with Crippen LogP contribution in [-0.2, 0) is 4.79 Å². The van der Waals surface area contributed by atoms with Crippen LogP contribution in [0.4, 0.5) is 0 Å². The molecule has 8 N–H and O–H groups in total. The van der Waals surface area contributed by atoms with E-state index in [1.54, 1.807) is 7.05 Å². The highest BCUT2D eigenvalue weighted by molar-refractivity contribution is 5.71. The summed E-state index contributed by atoms with van der Waals surface area (Å²) in [5.74, 6) is -1.19. The predicted octanol–water partition coefficient (Wildman–Crippen LogP) is -3.91. The molecule has 0 rings (SSSR count). The van der Waals surface area contributed by atoms with Gasteiger partial charge in [0.2, 0.25) is 0 Å². The first-order valence-electron chi connectivity index (χ1n) is 5.57. The number of carboxylic acid groups (broad SMARTS) is 1. The zero-order valence-electron chi connectivity index (χ0n) is 10.8. The van der Waals surface area contributed by atoms with E-state index < -0.39 is 43.1 Å². The first-order chi connectivity index (χ1) is 8.68. The minimum atomic E-state index is -1.55. The number of carboxylic acids is 1. The second kappa shape index (κ2) is 11.1. The Bertz CT molecular complexity index is 238. The SMILES string of the molecule is CC(O)C(=O)O.CNC[C@H](O)[C@@H](O)[C@H](O)[C@H](O)CO. The van der Waals surface area contributed by atoms with Crippen LogP contribution in [0.2, 0.25) is 0 Å². The average Bonchev–Trinajstić information content (AvgIpc) is 2.36. The molecule has 0 aromatic carbocycles. The highest BCUT2D eigenvalue weighted by Crippen LogP contribution is 2.04. The van der Waals surface area contributed by atoms with Crippen molar-refractivity contribution in [3.8, 4) is 0 Å². The number of carbonyl (C=O) groups is 1. The quantitative estimate of drug-likeness (QED) is 0.233. The Morgan fingerprint density at radius 1 is 1.05 bits per heavy atom. The summed E-state index contributed by atoms with van der Waals surface area (Å²) < 4.78 is 0. The predicted molar refractivity (Wildman–Crippen MR) is 64.4 cm³/mol. The van der Waals surface area contributed by atoms with Gasteiger partial charge in [0.05, 0.1) is 12.7 Å². The van der Waals surface area contributed by atoms with E-state index in [1.807, 2.05) is 0 Å². The average molecular weight is 285 g/mol. The summed E-state index contributed by atoms with van der Waals surface area (Å²) in [4.78, 5) is 9.45. The van der Waals surface area contributed by atoms with Gasteiger partial charge in [-0.25, -0.2) is 4.79 Å². The molecule has 0 heterocycles. The van der Waals surface area contributed by atoms with E-state index in [0.717, 1.165) is 0 Å². The standard InChI is InChI=1S/C7H17NO5.C3H6O3/c1-8-2-4(10)6(12)7(13)5(11)3-9;1-2(4)3(5)6/h4-13H,2-3H2,1H3;2,4H,1H3,(H,5,6)/t4-,5+,6+,7+;/m0./s1. The summed E-state index contributed by atoms with van der Waals surface area (Å²) in [6, 6.07) is 0. The van der Waals surface area contributed by atoms with E-state index in [9.17, 15) is 9.90 Å². The first-order valence-corrected chi connectivity index (χ1v) is 5.57. The van der Waals surface area contributed by atoms with Crippen LogP contribution >= 0.6 is 0 Å². The van der Waals surface area contributed by atoms with Crippen LogP contribution in [0.1, 0.15) is 6.92 Å². The molecule has 0 spiro atoms. The lowest BCUT2D eigenvalue weighted by atomic mass is 10.0. The molecule has 0 fully saturated rings. The van der Waals surface area contributed by atoms with Crippen molar-refractivity contribution in [2.45, 2.75) is 37.4 Å². The molecule has 0 radical (unpaired) electrons. The lowest BCUT2D eigenvalue weighted by Crippen LogP contribution is -2.48. The van der Waals surface area contributed by atoms with Crippen molar-refractivity contribution in [1.82, 2.24) is 5.32 Å². The summed E-state index contributed by atoms with van der Waals surface area (Å²) in [7, 11) is 1.57. The zero-order chi connectivity index (χ0) is 15.6. The second-order valence-corrected chi connectivity index (χ2v) is 3.87. The molecular weight excluding hydrogens is 262 g/mol. The van der Waals surface area contributed by atoms with Gasteiger partial charge in [-0.1, -0.05) is 0 Å². The fourth-order valence-electron chi connectivity index (χ4n) is 0.893. The molecule has 1 unspecified atom stereocenters. The zero-order valence-corrected chi connectivity index (χ0v) is 10.8. The molecule has 9 heteroatoms. The van der Waals surface area contributed by atoms with Gasteiger partial charge < -0.3 is 41.1 Å². The Morgan fingerprint density at radius 3 is 1.68 bits per heavy atom. The number of aliphatic carboxylic acids is 1. The molecule has 0 aromatic rings. The minimum absolute atomic E-state index is 0.0936. The monoisotopic (exact) mass is 285 g/mol. The molecular formula is C10H23NO8. The molecule has 5 atom stereocenters. The summed E-state index contributed by atoms with van der Waals surface area (Å²) in [5, 5.41) is 63.2. The second-order valence-electron chi connectivity index (χ2n) is 3.87. The van der Waals surface area contributed by atoms with E-state index >= 15 is 0 Å². The topological polar surface area (TPSA) is 171 Å². The van der Waals surface area contributed by atoms with Gasteiger partial charge in [0.25, 0.3) is 0 Å². The Labute approximate surface area is 110 Å². The van der Waals surface area contributed by atoms with Gasteiger partial charge in [-0.05, 0) is 14.0 Å². The Morgan fingerprint density at radius 2 is 1.42 bits per heavy atom. The van der Waals surface area contributed by atoms with Gasteiger partial charge in [-0.3, -0.25) is 0 Å². The number of likely N-dealkylation sites (N-methyl/N-ethyl adjacent to an activating group) is 1. The smallest absolute Gasteiger partial charge is 0.332 e. The van der Waals surface area contributed by atoms with Crippen molar-refractivity contribution in [1.29, 1.82) is 0 Å². The Kier molecular flexibility index (Phi) is 11.9. The fourth-order valence-corrected chi connectivity index (χ4v) is 0.893. The van der Waals surface area contributed by atoms with E-state index in [4.69, 9.17) is 30.6 Å². The molecule has 0 bridgehead atoms. The van der Waals surface area contributed by atoms with Crippen LogP contribution in [0.15, 0.2) is 0 Å². The van der Waals surface area contributed by atoms with Gasteiger partial charge in [-0.2, -0.15) is 0 Å². The lowest BCUT2D eigenvalue weighted by Gasteiger charge is -2.25. The maximum absolute atomic E-state index is 9.45. The van der Waals surface area contributed by atoms with Crippen LogP contribution in [-0.4, -0.2) is 92.4 Å². The van der Waals surface area contributed by atoms with Crippen LogP contribution in [0.25, 0.3) is 0 Å². The fraction of sp³-hybridized carbons (Fsp3) is 0.900. The molecule has 116 valence electrons. The number of hydrogen-bond donors (Lipinski definition) is 8. The minimum Gasteiger partial charge on any atom is -0.479 e. The maximum atomic E-state index is 9.45. The molecule has 0 aliphatic heterocycles. The Balaban J connectivity index is 0. The lowest BCUT2D eigenvalue weighted by molar-refractivity contribution is -0.145. The summed E-state index contributed by atoms with van der Waals surface area (Å²) >= 11 is 0. The molecule has 0 aromatic heterocycles. The molecule has 19 heavy (non-hydrogen) atoms. The Hall–Kier alpha value is -0.810. The number of nitrogens with one attached hydrogen (secondary N) is 1. The molecule has 0 saturated carbocycles. The third-order valence-corrected chi connectivity index (χ3v) is 2.10. The van der Waals surface area contributed by atoms with Gasteiger partial charge in [0.1, 0.15) is 24.4 Å². The van der Waals surface area contributed by atoms with Crippen molar-refractivity contribution < 1.29 is 40.5 Å². The third-order valence-electron chi connectivity index (χ3n) is 2.10. The van der Waals surface area contributed by atoms with E-state index in [2.05, 4.69) is 5.32 Å². The third kappa shape index (κ3) is 9.73. The van der Waals surface area contributed by atoms with E-state index in [1.165, 1.54) is 6.92 Å². The maximum Gasteiger partial charge on any atom is 0.332 e. The van der Waals surface area contributed by atoms with Crippen LogP contribution in [0.5, 0.6) is 0 Å². The van der Waals surface area contributed by atoms with Crippen molar-refractivity contribution in [3.05, 3.63) is 0 Å². The van der Waals surface area contributed by atoms with Crippen LogP contribution < -0.4 is 5.32 Å². The normalized spacial score (nSPS) is 18.5. The summed E-state index contributed by atoms with van der Waals surface area (Å²) in [5.41, 5.74) is 0. The summed E-state index contributed by atoms with van der Waals surface area (Å²) in [6.07, 6.45) is -6.88. The highest BCUT2D eigenvalue weighted by atomic mass is 16.4. The van der Waals surface area contributed by atoms with Crippen molar-refractivity contribution in [2.24, 2.45) is 0 Å². The summed E-state index contributed by atoms with van der Waals surface area (Å²) in [6.45, 7) is 0.628. The van der Waals surface area contributed by atoms with Crippen molar-refractivity contribution in [3.63, 3.8) is 0 Å². The van der Waals surface area contributed by atoms with Gasteiger partial charge >= 0.3 is 5.97 Å². The van der Waals surface area contributed by atoms with Gasteiger partial charge in [0.15, 0.2) is 0 Å². The van der Waals surface area contributed by atoms with Gasteiger partial charge in [0, 0.05) is 6.54 Å². The molecule has 0 aliphatic carbocycles.